The van der Waals surface area contributed by atoms with E-state index in [1.165, 1.54) is 16.7 Å². The number of phenols is 1. The number of aryl methyl sites for hydroxylation is 2. The third kappa shape index (κ3) is 3.41. The molecular weight excluding hydrogens is 248 g/mol. The number of hydrogen-bond donors (Lipinski definition) is 2. The van der Waals surface area contributed by atoms with Crippen molar-refractivity contribution in [3.8, 4) is 5.75 Å². The lowest BCUT2D eigenvalue weighted by molar-refractivity contribution is 0.165. The number of rotatable bonds is 5. The Hall–Kier alpha value is -1.32. The Morgan fingerprint density at radius 2 is 1.90 bits per heavy atom. The number of aromatic hydroxyl groups is 1. The average molecular weight is 274 g/mol. The van der Waals surface area contributed by atoms with E-state index in [1.54, 1.807) is 0 Å². The second-order valence-corrected chi connectivity index (χ2v) is 5.66. The fourth-order valence-corrected chi connectivity index (χ4v) is 3.26. The van der Waals surface area contributed by atoms with Crippen molar-refractivity contribution in [2.24, 2.45) is 0 Å². The molecule has 1 aliphatic rings. The van der Waals surface area contributed by atoms with Crippen LogP contribution in [-0.4, -0.2) is 36.2 Å². The Labute approximate surface area is 122 Å². The van der Waals surface area contributed by atoms with E-state index in [9.17, 15) is 5.11 Å². The van der Waals surface area contributed by atoms with E-state index >= 15 is 0 Å². The van der Waals surface area contributed by atoms with Gasteiger partial charge in [-0.1, -0.05) is 6.08 Å². The van der Waals surface area contributed by atoms with Crippen molar-refractivity contribution in [1.29, 1.82) is 0 Å². The molecule has 20 heavy (non-hydrogen) atoms. The molecule has 3 nitrogen and oxygen atoms in total. The summed E-state index contributed by atoms with van der Waals surface area (Å²) in [5.74, 6) is 0.367. The van der Waals surface area contributed by atoms with Crippen LogP contribution in [0.15, 0.2) is 24.8 Å². The van der Waals surface area contributed by atoms with Gasteiger partial charge in [0, 0.05) is 32.2 Å². The van der Waals surface area contributed by atoms with Crippen molar-refractivity contribution in [3.63, 3.8) is 0 Å². The van der Waals surface area contributed by atoms with E-state index in [-0.39, 0.29) is 0 Å². The van der Waals surface area contributed by atoms with Gasteiger partial charge in [0.25, 0.3) is 0 Å². The third-order valence-corrected chi connectivity index (χ3v) is 4.15. The highest BCUT2D eigenvalue weighted by molar-refractivity contribution is 5.42. The zero-order valence-corrected chi connectivity index (χ0v) is 12.7. The molecule has 110 valence electrons. The van der Waals surface area contributed by atoms with Crippen LogP contribution in [0.1, 0.15) is 35.6 Å². The number of nitrogens with one attached hydrogen (secondary N) is 1. The molecule has 0 aliphatic carbocycles. The number of allylic oxidation sites excluding steroid dienone is 1. The predicted octanol–water partition coefficient (Wildman–Crippen LogP) is 2.92. The van der Waals surface area contributed by atoms with Crippen LogP contribution in [0.2, 0.25) is 0 Å². The lowest BCUT2D eigenvalue weighted by Gasteiger charge is -2.36. The average Bonchev–Trinajstić information content (AvgIpc) is 2.42. The zero-order chi connectivity index (χ0) is 14.5. The van der Waals surface area contributed by atoms with Crippen molar-refractivity contribution in [1.82, 2.24) is 10.2 Å². The quantitative estimate of drug-likeness (QED) is 0.810. The van der Waals surface area contributed by atoms with Crippen LogP contribution in [0.25, 0.3) is 0 Å². The number of benzene rings is 1. The Balaban J connectivity index is 2.32. The SMILES string of the molecule is C=CCC[C@@H](c1c(C)cc(O)cc1C)N1CCNCC1. The molecule has 1 saturated heterocycles. The van der Waals surface area contributed by atoms with Gasteiger partial charge in [-0.15, -0.1) is 6.58 Å². The standard InChI is InChI=1S/C17H26N2O/c1-4-5-6-16(19-9-7-18-8-10-19)17-13(2)11-15(20)12-14(17)3/h4,11-12,16,18,20H,1,5-10H2,2-3H3/t16-/m0/s1. The van der Waals surface area contributed by atoms with Crippen LogP contribution >= 0.6 is 0 Å². The molecule has 0 aromatic heterocycles. The van der Waals surface area contributed by atoms with Crippen LogP contribution in [0.5, 0.6) is 5.75 Å². The van der Waals surface area contributed by atoms with E-state index in [4.69, 9.17) is 0 Å². The molecule has 0 radical (unpaired) electrons. The summed E-state index contributed by atoms with van der Waals surface area (Å²) in [5, 5.41) is 13.2. The van der Waals surface area contributed by atoms with Gasteiger partial charge in [-0.2, -0.15) is 0 Å². The smallest absolute Gasteiger partial charge is 0.116 e. The molecule has 3 heteroatoms. The maximum atomic E-state index is 9.75. The Morgan fingerprint density at radius 1 is 1.30 bits per heavy atom. The highest BCUT2D eigenvalue weighted by Gasteiger charge is 2.24. The van der Waals surface area contributed by atoms with Crippen molar-refractivity contribution in [3.05, 3.63) is 41.5 Å². The number of phenolic OH excluding ortho intramolecular Hbond substituents is 1. The summed E-state index contributed by atoms with van der Waals surface area (Å²) in [6, 6.07) is 4.19. The van der Waals surface area contributed by atoms with Crippen molar-refractivity contribution < 1.29 is 5.11 Å². The van der Waals surface area contributed by atoms with E-state index in [1.807, 2.05) is 18.2 Å². The van der Waals surface area contributed by atoms with Gasteiger partial charge in [0.2, 0.25) is 0 Å². The maximum Gasteiger partial charge on any atom is 0.116 e. The maximum absolute atomic E-state index is 9.75. The molecule has 1 aromatic carbocycles. The van der Waals surface area contributed by atoms with Gasteiger partial charge < -0.3 is 10.4 Å². The monoisotopic (exact) mass is 274 g/mol. The number of hydrogen-bond acceptors (Lipinski definition) is 3. The van der Waals surface area contributed by atoms with Gasteiger partial charge in [-0.05, 0) is 55.5 Å². The topological polar surface area (TPSA) is 35.5 Å². The Bertz CT molecular complexity index is 441. The van der Waals surface area contributed by atoms with Gasteiger partial charge in [0.15, 0.2) is 0 Å². The molecule has 0 spiro atoms. The van der Waals surface area contributed by atoms with Gasteiger partial charge in [0.05, 0.1) is 0 Å². The van der Waals surface area contributed by atoms with Crippen molar-refractivity contribution in [2.75, 3.05) is 26.2 Å². The molecule has 1 heterocycles. The molecule has 1 fully saturated rings. The summed E-state index contributed by atoms with van der Waals surface area (Å²) in [5.41, 5.74) is 3.76. The first-order chi connectivity index (χ1) is 9.63. The summed E-state index contributed by atoms with van der Waals surface area (Å²) < 4.78 is 0. The summed E-state index contributed by atoms with van der Waals surface area (Å²) in [4.78, 5) is 2.56. The normalized spacial score (nSPS) is 17.9. The summed E-state index contributed by atoms with van der Waals surface area (Å²) in [6.07, 6.45) is 4.12. The highest BCUT2D eigenvalue weighted by Crippen LogP contribution is 2.33. The Morgan fingerprint density at radius 3 is 2.45 bits per heavy atom. The predicted molar refractivity (Wildman–Crippen MR) is 84.2 cm³/mol. The first-order valence-corrected chi connectivity index (χ1v) is 7.49. The largest absolute Gasteiger partial charge is 0.508 e. The van der Waals surface area contributed by atoms with Crippen LogP contribution < -0.4 is 5.32 Å². The molecule has 0 saturated carbocycles. The summed E-state index contributed by atoms with van der Waals surface area (Å²) >= 11 is 0. The minimum atomic E-state index is 0.367. The van der Waals surface area contributed by atoms with Crippen LogP contribution in [0.3, 0.4) is 0 Å². The first-order valence-electron chi connectivity index (χ1n) is 7.49. The zero-order valence-electron chi connectivity index (χ0n) is 12.7. The first kappa shape index (κ1) is 15.1. The molecule has 1 atom stereocenters. The van der Waals surface area contributed by atoms with Gasteiger partial charge in [-0.25, -0.2) is 0 Å². The van der Waals surface area contributed by atoms with Crippen molar-refractivity contribution in [2.45, 2.75) is 32.7 Å². The minimum absolute atomic E-state index is 0.367. The molecule has 0 unspecified atom stereocenters. The second kappa shape index (κ2) is 6.91. The third-order valence-electron chi connectivity index (χ3n) is 4.15. The van der Waals surface area contributed by atoms with Crippen LogP contribution in [-0.2, 0) is 0 Å². The van der Waals surface area contributed by atoms with E-state index < -0.39 is 0 Å². The molecule has 0 bridgehead atoms. The van der Waals surface area contributed by atoms with E-state index in [0.717, 1.165) is 39.0 Å². The van der Waals surface area contributed by atoms with Crippen LogP contribution in [0, 0.1) is 13.8 Å². The highest BCUT2D eigenvalue weighted by atomic mass is 16.3. The minimum Gasteiger partial charge on any atom is -0.508 e. The molecular formula is C17H26N2O. The summed E-state index contributed by atoms with van der Waals surface area (Å²) in [6.45, 7) is 12.3. The number of piperazine rings is 1. The van der Waals surface area contributed by atoms with Crippen molar-refractivity contribution >= 4 is 0 Å². The molecule has 1 aliphatic heterocycles. The molecule has 2 rings (SSSR count). The van der Waals surface area contributed by atoms with E-state index in [0.29, 0.717) is 11.8 Å². The fourth-order valence-electron chi connectivity index (χ4n) is 3.26. The lowest BCUT2D eigenvalue weighted by Crippen LogP contribution is -2.45. The van der Waals surface area contributed by atoms with Gasteiger partial charge >= 0.3 is 0 Å². The second-order valence-electron chi connectivity index (χ2n) is 5.66. The van der Waals surface area contributed by atoms with E-state index in [2.05, 4.69) is 30.6 Å². The molecule has 0 amide bonds. The molecule has 1 aromatic rings. The molecule has 2 N–H and O–H groups in total. The number of nitrogens with zero attached hydrogens (tertiary/aromatic N) is 1. The van der Waals surface area contributed by atoms with Gasteiger partial charge in [-0.3, -0.25) is 4.90 Å². The lowest BCUT2D eigenvalue weighted by atomic mass is 9.91. The Kier molecular flexibility index (Phi) is 5.21. The fraction of sp³-hybridized carbons (Fsp3) is 0.529. The summed E-state index contributed by atoms with van der Waals surface area (Å²) in [7, 11) is 0. The van der Waals surface area contributed by atoms with Gasteiger partial charge in [0.1, 0.15) is 5.75 Å². The van der Waals surface area contributed by atoms with Crippen LogP contribution in [0.4, 0.5) is 0 Å².